The molecule has 0 aliphatic rings. The smallest absolute Gasteiger partial charge is 0.331 e. The lowest BCUT2D eigenvalue weighted by Gasteiger charge is -2.11. The van der Waals surface area contributed by atoms with Gasteiger partial charge in [-0.3, -0.25) is 9.59 Å². The number of hydrogen-bond acceptors (Lipinski definition) is 3. The molecule has 6 heteroatoms. The molecule has 0 saturated carbocycles. The van der Waals surface area contributed by atoms with Crippen LogP contribution in [0.2, 0.25) is 0 Å². The van der Waals surface area contributed by atoms with E-state index < -0.39 is 17.8 Å². The summed E-state index contributed by atoms with van der Waals surface area (Å²) < 4.78 is 0. The van der Waals surface area contributed by atoms with Crippen LogP contribution in [0.3, 0.4) is 0 Å². The minimum Gasteiger partial charge on any atom is -0.478 e. The third-order valence-electron chi connectivity index (χ3n) is 2.85. The van der Waals surface area contributed by atoms with Crippen molar-refractivity contribution in [1.29, 1.82) is 0 Å². The molecule has 0 saturated heterocycles. The molecule has 1 aromatic rings. The van der Waals surface area contributed by atoms with Gasteiger partial charge >= 0.3 is 5.97 Å². The fourth-order valence-electron chi connectivity index (χ4n) is 1.53. The Morgan fingerprint density at radius 2 is 1.75 bits per heavy atom. The average Bonchev–Trinajstić information content (AvgIpc) is 2.38. The van der Waals surface area contributed by atoms with Crippen LogP contribution in [0.15, 0.2) is 35.4 Å². The van der Waals surface area contributed by atoms with Gasteiger partial charge in [-0.25, -0.2) is 4.79 Å². The van der Waals surface area contributed by atoms with E-state index in [2.05, 4.69) is 5.32 Å². The van der Waals surface area contributed by atoms with E-state index >= 15 is 0 Å². The second kappa shape index (κ2) is 6.51. The number of nitrogens with two attached hydrogens (primary N) is 1. The van der Waals surface area contributed by atoms with E-state index in [1.807, 2.05) is 0 Å². The molecule has 0 heterocycles. The van der Waals surface area contributed by atoms with Crippen LogP contribution in [-0.2, 0) is 20.8 Å². The normalized spacial score (nSPS) is 11.5. The Kier molecular flexibility index (Phi) is 5.02. The minimum atomic E-state index is -1.15. The number of hydrogen-bond donors (Lipinski definition) is 3. The van der Waals surface area contributed by atoms with Gasteiger partial charge in [0.25, 0.3) is 5.91 Å². The first-order chi connectivity index (χ1) is 9.32. The number of carbonyl (C=O) groups excluding carboxylic acids is 2. The highest BCUT2D eigenvalue weighted by Gasteiger charge is 2.14. The summed E-state index contributed by atoms with van der Waals surface area (Å²) in [6.07, 6.45) is -0.00285. The van der Waals surface area contributed by atoms with Crippen LogP contribution in [0.4, 0.5) is 5.69 Å². The highest BCUT2D eigenvalue weighted by Crippen LogP contribution is 2.17. The zero-order chi connectivity index (χ0) is 15.3. The molecular weight excluding hydrogens is 260 g/mol. The summed E-state index contributed by atoms with van der Waals surface area (Å²) in [6, 6.07) is 6.71. The van der Waals surface area contributed by atoms with Crippen LogP contribution in [0, 0.1) is 0 Å². The van der Waals surface area contributed by atoms with Crippen molar-refractivity contribution >= 4 is 23.5 Å². The van der Waals surface area contributed by atoms with Crippen molar-refractivity contribution in [3.63, 3.8) is 0 Å². The Morgan fingerprint density at radius 3 is 2.30 bits per heavy atom. The minimum absolute atomic E-state index is 0.00285. The lowest BCUT2D eigenvalue weighted by atomic mass is 10.1. The number of amides is 2. The van der Waals surface area contributed by atoms with E-state index in [0.29, 0.717) is 11.3 Å². The largest absolute Gasteiger partial charge is 0.478 e. The lowest BCUT2D eigenvalue weighted by molar-refractivity contribution is -0.133. The predicted octanol–water partition coefficient (Wildman–Crippen LogP) is 1.07. The van der Waals surface area contributed by atoms with Crippen molar-refractivity contribution in [2.75, 3.05) is 5.32 Å². The van der Waals surface area contributed by atoms with Crippen LogP contribution < -0.4 is 11.1 Å². The van der Waals surface area contributed by atoms with Crippen molar-refractivity contribution in [2.24, 2.45) is 5.73 Å². The fourth-order valence-corrected chi connectivity index (χ4v) is 1.53. The molecule has 20 heavy (non-hydrogen) atoms. The van der Waals surface area contributed by atoms with Crippen molar-refractivity contribution < 1.29 is 19.5 Å². The van der Waals surface area contributed by atoms with Gasteiger partial charge < -0.3 is 16.2 Å². The number of aliphatic carboxylic acids is 1. The van der Waals surface area contributed by atoms with Gasteiger partial charge in [-0.1, -0.05) is 18.2 Å². The molecule has 0 radical (unpaired) electrons. The molecule has 106 valence electrons. The quantitative estimate of drug-likeness (QED) is 0.699. The molecule has 0 aliphatic carbocycles. The zero-order valence-corrected chi connectivity index (χ0v) is 11.3. The van der Waals surface area contributed by atoms with Crippen LogP contribution in [-0.4, -0.2) is 22.9 Å². The van der Waals surface area contributed by atoms with Crippen LogP contribution in [0.1, 0.15) is 19.4 Å². The second-order valence-electron chi connectivity index (χ2n) is 4.31. The van der Waals surface area contributed by atoms with Crippen molar-refractivity contribution in [3.05, 3.63) is 41.0 Å². The molecule has 0 atom stereocenters. The monoisotopic (exact) mass is 276 g/mol. The number of rotatable bonds is 5. The third-order valence-corrected chi connectivity index (χ3v) is 2.85. The van der Waals surface area contributed by atoms with Crippen molar-refractivity contribution in [1.82, 2.24) is 0 Å². The Labute approximate surface area is 116 Å². The van der Waals surface area contributed by atoms with E-state index in [-0.39, 0.29) is 17.6 Å². The molecule has 0 unspecified atom stereocenters. The topological polar surface area (TPSA) is 109 Å². The van der Waals surface area contributed by atoms with Gasteiger partial charge in [0, 0.05) is 16.8 Å². The third kappa shape index (κ3) is 3.94. The Hall–Kier alpha value is -2.63. The standard InChI is InChI=1S/C14H16N2O4/c1-8(9(2)14(19)20)13(18)16-11-6-4-3-5-10(11)7-12(15)17/h3-6H,7H2,1-2H3,(H2,15,17)(H,16,18)(H,19,20). The zero-order valence-electron chi connectivity index (χ0n) is 11.3. The molecule has 0 aliphatic heterocycles. The van der Waals surface area contributed by atoms with E-state index in [1.54, 1.807) is 24.3 Å². The molecule has 2 amide bonds. The maximum absolute atomic E-state index is 11.9. The number of para-hydroxylation sites is 1. The van der Waals surface area contributed by atoms with Crippen LogP contribution in [0.25, 0.3) is 0 Å². The summed E-state index contributed by atoms with van der Waals surface area (Å²) in [4.78, 5) is 33.7. The SMILES string of the molecule is CC(C(=O)O)=C(C)C(=O)Nc1ccccc1CC(N)=O. The number of carboxylic acids is 1. The number of primary amides is 1. The fraction of sp³-hybridized carbons (Fsp3) is 0.214. The molecule has 1 aromatic carbocycles. The number of benzene rings is 1. The molecule has 0 fully saturated rings. The average molecular weight is 276 g/mol. The Morgan fingerprint density at radius 1 is 1.15 bits per heavy atom. The van der Waals surface area contributed by atoms with Crippen LogP contribution >= 0.6 is 0 Å². The summed E-state index contributed by atoms with van der Waals surface area (Å²) in [6.45, 7) is 2.78. The predicted molar refractivity (Wildman–Crippen MR) is 74.0 cm³/mol. The highest BCUT2D eigenvalue weighted by molar-refractivity contribution is 6.08. The summed E-state index contributed by atoms with van der Waals surface area (Å²) in [5.74, 6) is -2.19. The van der Waals surface area contributed by atoms with Gasteiger partial charge in [0.2, 0.25) is 5.91 Å². The van der Waals surface area contributed by atoms with Crippen molar-refractivity contribution in [3.8, 4) is 0 Å². The summed E-state index contributed by atoms with van der Waals surface area (Å²) in [7, 11) is 0. The van der Waals surface area contributed by atoms with Gasteiger partial charge in [-0.15, -0.1) is 0 Å². The number of anilines is 1. The number of carbonyl (C=O) groups is 3. The molecule has 1 rings (SSSR count). The van der Waals surface area contributed by atoms with Crippen LogP contribution in [0.5, 0.6) is 0 Å². The van der Waals surface area contributed by atoms with E-state index in [1.165, 1.54) is 13.8 Å². The Bertz CT molecular complexity index is 591. The molecule has 0 spiro atoms. The number of nitrogens with one attached hydrogen (secondary N) is 1. The highest BCUT2D eigenvalue weighted by atomic mass is 16.4. The summed E-state index contributed by atoms with van der Waals surface area (Å²) >= 11 is 0. The van der Waals surface area contributed by atoms with Gasteiger partial charge in [0.1, 0.15) is 0 Å². The molecular formula is C14H16N2O4. The van der Waals surface area contributed by atoms with E-state index in [4.69, 9.17) is 10.8 Å². The van der Waals surface area contributed by atoms with E-state index in [9.17, 15) is 14.4 Å². The van der Waals surface area contributed by atoms with Crippen molar-refractivity contribution in [2.45, 2.75) is 20.3 Å². The van der Waals surface area contributed by atoms with Gasteiger partial charge in [-0.2, -0.15) is 0 Å². The maximum Gasteiger partial charge on any atom is 0.331 e. The lowest BCUT2D eigenvalue weighted by Crippen LogP contribution is -2.19. The first-order valence-electron chi connectivity index (χ1n) is 5.91. The summed E-state index contributed by atoms with van der Waals surface area (Å²) in [5, 5.41) is 11.4. The number of carboxylic acid groups (broad SMARTS) is 1. The first-order valence-corrected chi connectivity index (χ1v) is 5.91. The molecule has 4 N–H and O–H groups in total. The summed E-state index contributed by atoms with van der Waals surface area (Å²) in [5.41, 5.74) is 6.22. The molecule has 6 nitrogen and oxygen atoms in total. The molecule has 0 aromatic heterocycles. The van der Waals surface area contributed by atoms with E-state index in [0.717, 1.165) is 0 Å². The molecule has 0 bridgehead atoms. The second-order valence-corrected chi connectivity index (χ2v) is 4.31. The van der Waals surface area contributed by atoms with Gasteiger partial charge in [0.05, 0.1) is 6.42 Å². The Balaban J connectivity index is 3.00. The van der Waals surface area contributed by atoms with Gasteiger partial charge in [-0.05, 0) is 25.5 Å². The first kappa shape index (κ1) is 15.4. The van der Waals surface area contributed by atoms with Gasteiger partial charge in [0.15, 0.2) is 0 Å². The maximum atomic E-state index is 11.9.